The second kappa shape index (κ2) is 12.6. The van der Waals surface area contributed by atoms with Gasteiger partial charge in [-0.2, -0.15) is 0 Å². The number of rotatable bonds is 11. The zero-order valence-electron chi connectivity index (χ0n) is 20.2. The van der Waals surface area contributed by atoms with Gasteiger partial charge in [-0.25, -0.2) is 0 Å². The number of hydrogen-bond acceptors (Lipinski definition) is 3. The summed E-state index contributed by atoms with van der Waals surface area (Å²) in [5, 5.41) is 3.08. The van der Waals surface area contributed by atoms with Crippen molar-refractivity contribution >= 4 is 11.8 Å². The Labute approximate surface area is 202 Å². The number of hydrogen-bond donors (Lipinski definition) is 1. The summed E-state index contributed by atoms with van der Waals surface area (Å²) in [5.41, 5.74) is 2.92. The summed E-state index contributed by atoms with van der Waals surface area (Å²) in [4.78, 5) is 28.6. The third-order valence-corrected chi connectivity index (χ3v) is 5.91. The maximum atomic E-state index is 13.5. The van der Waals surface area contributed by atoms with Gasteiger partial charge in [0.2, 0.25) is 5.91 Å². The Balaban J connectivity index is 1.90. The summed E-state index contributed by atoms with van der Waals surface area (Å²) in [5.74, 6) is 0.282. The summed E-state index contributed by atoms with van der Waals surface area (Å²) >= 11 is 0. The Morgan fingerprint density at radius 2 is 1.47 bits per heavy atom. The summed E-state index contributed by atoms with van der Waals surface area (Å²) in [6.07, 6.45) is 1.23. The Kier molecular flexibility index (Phi) is 9.27. The zero-order chi connectivity index (χ0) is 24.3. The molecule has 0 bridgehead atoms. The highest BCUT2D eigenvalue weighted by Gasteiger charge is 2.31. The van der Waals surface area contributed by atoms with Gasteiger partial charge < -0.3 is 15.0 Å². The number of carbonyl (C=O) groups excluding carboxylic acids is 2. The number of para-hydroxylation sites is 1. The highest BCUT2D eigenvalue weighted by atomic mass is 16.5. The number of nitrogens with one attached hydrogen (secondary N) is 1. The van der Waals surface area contributed by atoms with E-state index in [-0.39, 0.29) is 24.5 Å². The van der Waals surface area contributed by atoms with Crippen molar-refractivity contribution in [1.82, 2.24) is 10.2 Å². The van der Waals surface area contributed by atoms with Crippen LogP contribution in [0.15, 0.2) is 84.9 Å². The molecule has 34 heavy (non-hydrogen) atoms. The lowest BCUT2D eigenvalue weighted by Crippen LogP contribution is -2.53. The summed E-state index contributed by atoms with van der Waals surface area (Å²) < 4.78 is 5.88. The average molecular weight is 459 g/mol. The molecule has 3 rings (SSSR count). The minimum Gasteiger partial charge on any atom is -0.484 e. The molecule has 2 atom stereocenters. The number of aryl methyl sites for hydroxylation is 1. The zero-order valence-corrected chi connectivity index (χ0v) is 20.2. The van der Waals surface area contributed by atoms with Crippen LogP contribution in [0.1, 0.15) is 37.0 Å². The Morgan fingerprint density at radius 1 is 0.882 bits per heavy atom. The van der Waals surface area contributed by atoms with Crippen molar-refractivity contribution in [3.63, 3.8) is 0 Å². The normalized spacial score (nSPS) is 12.4. The molecule has 5 nitrogen and oxygen atoms in total. The number of ether oxygens (including phenoxy) is 1. The second-order valence-corrected chi connectivity index (χ2v) is 8.58. The Morgan fingerprint density at radius 3 is 2.09 bits per heavy atom. The fourth-order valence-electron chi connectivity index (χ4n) is 3.72. The van der Waals surface area contributed by atoms with Crippen molar-refractivity contribution in [2.45, 2.75) is 52.2 Å². The van der Waals surface area contributed by atoms with Crippen molar-refractivity contribution in [3.8, 4) is 5.75 Å². The van der Waals surface area contributed by atoms with Gasteiger partial charge in [0, 0.05) is 19.0 Å². The van der Waals surface area contributed by atoms with Crippen LogP contribution in [0.25, 0.3) is 0 Å². The van der Waals surface area contributed by atoms with Gasteiger partial charge >= 0.3 is 0 Å². The molecular weight excluding hydrogens is 424 g/mol. The molecule has 0 radical (unpaired) electrons. The smallest absolute Gasteiger partial charge is 0.261 e. The van der Waals surface area contributed by atoms with Crippen LogP contribution in [0.4, 0.5) is 0 Å². The molecule has 2 unspecified atom stereocenters. The van der Waals surface area contributed by atoms with Crippen molar-refractivity contribution in [1.29, 1.82) is 0 Å². The predicted molar refractivity (Wildman–Crippen MR) is 135 cm³/mol. The molecule has 3 aromatic carbocycles. The first-order chi connectivity index (χ1) is 16.5. The molecule has 0 aliphatic carbocycles. The van der Waals surface area contributed by atoms with Crippen molar-refractivity contribution in [2.24, 2.45) is 0 Å². The first-order valence-electron chi connectivity index (χ1n) is 11.8. The number of amides is 2. The number of nitrogens with zero attached hydrogens (tertiary/aromatic N) is 1. The van der Waals surface area contributed by atoms with Gasteiger partial charge in [0.15, 0.2) is 6.61 Å². The third kappa shape index (κ3) is 7.20. The van der Waals surface area contributed by atoms with Crippen LogP contribution >= 0.6 is 0 Å². The van der Waals surface area contributed by atoms with Crippen LogP contribution < -0.4 is 10.1 Å². The number of carbonyl (C=O) groups is 2. The first-order valence-corrected chi connectivity index (χ1v) is 11.8. The highest BCUT2D eigenvalue weighted by Crippen LogP contribution is 2.18. The lowest BCUT2D eigenvalue weighted by molar-refractivity contribution is -0.143. The summed E-state index contributed by atoms with van der Waals surface area (Å²) in [7, 11) is 0. The second-order valence-electron chi connectivity index (χ2n) is 8.58. The molecule has 0 aromatic heterocycles. The fourth-order valence-corrected chi connectivity index (χ4v) is 3.72. The topological polar surface area (TPSA) is 58.6 Å². The molecule has 0 heterocycles. The van der Waals surface area contributed by atoms with E-state index in [0.717, 1.165) is 23.1 Å². The molecule has 0 aliphatic heterocycles. The van der Waals surface area contributed by atoms with E-state index in [9.17, 15) is 9.59 Å². The predicted octanol–water partition coefficient (Wildman–Crippen LogP) is 4.93. The molecule has 1 N–H and O–H groups in total. The van der Waals surface area contributed by atoms with Crippen LogP contribution in [0.3, 0.4) is 0 Å². The van der Waals surface area contributed by atoms with Crippen LogP contribution in [0.5, 0.6) is 5.75 Å². The van der Waals surface area contributed by atoms with Gasteiger partial charge in [0.1, 0.15) is 11.8 Å². The molecule has 0 aliphatic rings. The van der Waals surface area contributed by atoms with Crippen LogP contribution in [-0.2, 0) is 22.6 Å². The van der Waals surface area contributed by atoms with Gasteiger partial charge in [-0.15, -0.1) is 0 Å². The van der Waals surface area contributed by atoms with E-state index < -0.39 is 6.04 Å². The minimum atomic E-state index is -0.662. The molecule has 2 amide bonds. The van der Waals surface area contributed by atoms with E-state index in [4.69, 9.17) is 4.74 Å². The van der Waals surface area contributed by atoms with Crippen LogP contribution in [-0.4, -0.2) is 35.4 Å². The maximum Gasteiger partial charge on any atom is 0.261 e. The van der Waals surface area contributed by atoms with Gasteiger partial charge in [0.05, 0.1) is 0 Å². The first kappa shape index (κ1) is 25.0. The van der Waals surface area contributed by atoms with E-state index in [1.807, 2.05) is 106 Å². The largest absolute Gasteiger partial charge is 0.484 e. The summed E-state index contributed by atoms with van der Waals surface area (Å²) in [6, 6.07) is 26.5. The fraction of sp³-hybridized carbons (Fsp3) is 0.310. The SMILES string of the molecule is CCC(C)NC(=O)C(Cc1ccccc1)N(Cc1ccccc1)C(=O)COc1ccccc1C. The lowest BCUT2D eigenvalue weighted by atomic mass is 10.0. The third-order valence-electron chi connectivity index (χ3n) is 5.91. The minimum absolute atomic E-state index is 0.0164. The molecular formula is C29H34N2O3. The molecule has 0 saturated heterocycles. The van der Waals surface area contributed by atoms with Crippen molar-refractivity contribution in [2.75, 3.05) is 6.61 Å². The van der Waals surface area contributed by atoms with E-state index in [2.05, 4.69) is 5.32 Å². The Bertz CT molecular complexity index is 1050. The molecule has 3 aromatic rings. The van der Waals surface area contributed by atoms with Crippen LogP contribution in [0.2, 0.25) is 0 Å². The van der Waals surface area contributed by atoms with Gasteiger partial charge in [-0.1, -0.05) is 85.8 Å². The summed E-state index contributed by atoms with van der Waals surface area (Å²) in [6.45, 7) is 6.13. The average Bonchev–Trinajstić information content (AvgIpc) is 2.86. The number of benzene rings is 3. The van der Waals surface area contributed by atoms with Crippen LogP contribution in [0, 0.1) is 6.92 Å². The molecule has 0 spiro atoms. The van der Waals surface area contributed by atoms with Gasteiger partial charge in [0.25, 0.3) is 5.91 Å². The van der Waals surface area contributed by atoms with E-state index >= 15 is 0 Å². The van der Waals surface area contributed by atoms with E-state index in [1.165, 1.54) is 0 Å². The quantitative estimate of drug-likeness (QED) is 0.443. The van der Waals surface area contributed by atoms with Gasteiger partial charge in [-0.05, 0) is 43.0 Å². The van der Waals surface area contributed by atoms with E-state index in [1.54, 1.807) is 4.90 Å². The Hall–Kier alpha value is -3.60. The maximum absolute atomic E-state index is 13.5. The van der Waals surface area contributed by atoms with E-state index in [0.29, 0.717) is 18.7 Å². The monoisotopic (exact) mass is 458 g/mol. The molecule has 0 fully saturated rings. The van der Waals surface area contributed by atoms with Crippen molar-refractivity contribution < 1.29 is 14.3 Å². The van der Waals surface area contributed by atoms with Crippen molar-refractivity contribution in [3.05, 3.63) is 102 Å². The molecule has 5 heteroatoms. The molecule has 178 valence electrons. The highest BCUT2D eigenvalue weighted by molar-refractivity contribution is 5.88. The molecule has 0 saturated carbocycles. The van der Waals surface area contributed by atoms with Gasteiger partial charge in [-0.3, -0.25) is 9.59 Å². The lowest BCUT2D eigenvalue weighted by Gasteiger charge is -2.32. The standard InChI is InChI=1S/C29H34N2O3/c1-4-23(3)30-29(33)26(19-24-14-7-5-8-15-24)31(20-25-16-9-6-10-17-25)28(32)21-34-27-18-12-11-13-22(27)2/h5-18,23,26H,4,19-21H2,1-3H3,(H,30,33).